The van der Waals surface area contributed by atoms with Crippen molar-refractivity contribution in [2.24, 2.45) is 5.73 Å². The Morgan fingerprint density at radius 2 is 2.10 bits per heavy atom. The maximum Gasteiger partial charge on any atom is 0.120 e. The lowest BCUT2D eigenvalue weighted by Gasteiger charge is -2.40. The fraction of sp³-hybridized carbons (Fsp3) is 0.647. The molecule has 1 fully saturated rings. The lowest BCUT2D eigenvalue weighted by atomic mass is 9.95. The number of phenols is 1. The minimum Gasteiger partial charge on any atom is -0.508 e. The van der Waals surface area contributed by atoms with E-state index >= 15 is 0 Å². The molecule has 2 aliphatic rings. The first-order chi connectivity index (χ1) is 9.63. The van der Waals surface area contributed by atoms with Gasteiger partial charge in [0.25, 0.3) is 0 Å². The Balaban J connectivity index is 2.00. The van der Waals surface area contributed by atoms with Crippen LogP contribution in [0.3, 0.4) is 0 Å². The molecule has 1 heterocycles. The number of hydrogen-bond donors (Lipinski definition) is 2. The Bertz CT molecular complexity index is 500. The number of rotatable bonds is 2. The van der Waals surface area contributed by atoms with Crippen molar-refractivity contribution in [3.8, 4) is 5.75 Å². The summed E-state index contributed by atoms with van der Waals surface area (Å²) in [5.41, 5.74) is 9.84. The van der Waals surface area contributed by atoms with Gasteiger partial charge in [-0.2, -0.15) is 0 Å². The highest BCUT2D eigenvalue weighted by molar-refractivity contribution is 5.51. The van der Waals surface area contributed by atoms with Gasteiger partial charge in [-0.3, -0.25) is 4.90 Å². The molecule has 1 aliphatic carbocycles. The highest BCUT2D eigenvalue weighted by Crippen LogP contribution is 2.49. The molecule has 1 aromatic carbocycles. The number of fused-ring (bicyclic) bond motifs is 1. The van der Waals surface area contributed by atoms with Crippen LogP contribution in [-0.2, 0) is 0 Å². The predicted octanol–water partition coefficient (Wildman–Crippen LogP) is 3.06. The number of aromatic hydroxyl groups is 1. The van der Waals surface area contributed by atoms with Crippen LogP contribution in [-0.4, -0.2) is 29.1 Å². The van der Waals surface area contributed by atoms with Gasteiger partial charge in [0.1, 0.15) is 5.75 Å². The topological polar surface area (TPSA) is 49.5 Å². The largest absolute Gasteiger partial charge is 0.508 e. The van der Waals surface area contributed by atoms with Gasteiger partial charge >= 0.3 is 0 Å². The van der Waals surface area contributed by atoms with Crippen LogP contribution in [0.5, 0.6) is 5.75 Å². The van der Waals surface area contributed by atoms with Crippen molar-refractivity contribution in [2.45, 2.75) is 57.5 Å². The van der Waals surface area contributed by atoms with Crippen LogP contribution in [0.4, 0.5) is 0 Å². The number of nitrogens with zero attached hydrogens (tertiary/aromatic N) is 1. The molecule has 3 heteroatoms. The summed E-state index contributed by atoms with van der Waals surface area (Å²) in [4.78, 5) is 2.56. The van der Waals surface area contributed by atoms with Gasteiger partial charge in [0, 0.05) is 24.2 Å². The highest BCUT2D eigenvalue weighted by atomic mass is 16.3. The van der Waals surface area contributed by atoms with E-state index in [2.05, 4.69) is 18.7 Å². The maximum absolute atomic E-state index is 10.4. The average molecular weight is 274 g/mol. The van der Waals surface area contributed by atoms with Crippen LogP contribution in [0.25, 0.3) is 0 Å². The van der Waals surface area contributed by atoms with Crippen LogP contribution in [0.1, 0.15) is 61.3 Å². The summed E-state index contributed by atoms with van der Waals surface area (Å²) in [6, 6.07) is 4.74. The molecule has 0 spiro atoms. The van der Waals surface area contributed by atoms with Crippen LogP contribution in [0.2, 0.25) is 0 Å². The Morgan fingerprint density at radius 1 is 1.30 bits per heavy atom. The quantitative estimate of drug-likeness (QED) is 0.871. The van der Waals surface area contributed by atoms with Crippen molar-refractivity contribution >= 4 is 0 Å². The Morgan fingerprint density at radius 3 is 2.85 bits per heavy atom. The number of hydrogen-bond acceptors (Lipinski definition) is 3. The van der Waals surface area contributed by atoms with Gasteiger partial charge in [0.15, 0.2) is 0 Å². The normalized spacial score (nSPS) is 30.4. The second-order valence-corrected chi connectivity index (χ2v) is 6.50. The van der Waals surface area contributed by atoms with E-state index in [9.17, 15) is 5.11 Å². The molecule has 1 aliphatic heterocycles. The predicted molar refractivity (Wildman–Crippen MR) is 82.0 cm³/mol. The van der Waals surface area contributed by atoms with Crippen molar-refractivity contribution in [3.63, 3.8) is 0 Å². The van der Waals surface area contributed by atoms with E-state index in [1.807, 2.05) is 12.1 Å². The van der Waals surface area contributed by atoms with E-state index in [0.717, 1.165) is 19.5 Å². The summed E-state index contributed by atoms with van der Waals surface area (Å²) in [5, 5.41) is 10.4. The van der Waals surface area contributed by atoms with Crippen LogP contribution < -0.4 is 5.73 Å². The fourth-order valence-corrected chi connectivity index (χ4v) is 4.30. The summed E-state index contributed by atoms with van der Waals surface area (Å²) in [6.45, 7) is 6.29. The summed E-state index contributed by atoms with van der Waals surface area (Å²) in [6.07, 6.45) is 4.85. The van der Waals surface area contributed by atoms with E-state index < -0.39 is 0 Å². The zero-order chi connectivity index (χ0) is 14.3. The summed E-state index contributed by atoms with van der Waals surface area (Å²) in [7, 11) is 0. The Kier molecular flexibility index (Phi) is 3.74. The van der Waals surface area contributed by atoms with Crippen molar-refractivity contribution in [1.82, 2.24) is 4.90 Å². The molecule has 0 saturated carbocycles. The molecule has 0 aromatic heterocycles. The van der Waals surface area contributed by atoms with Gasteiger partial charge in [0.05, 0.1) is 0 Å². The smallest absolute Gasteiger partial charge is 0.120 e. The summed E-state index contributed by atoms with van der Waals surface area (Å²) in [5.74, 6) is 1.00. The summed E-state index contributed by atoms with van der Waals surface area (Å²) < 4.78 is 0. The highest BCUT2D eigenvalue weighted by Gasteiger charge is 2.38. The minimum atomic E-state index is 0.355. The summed E-state index contributed by atoms with van der Waals surface area (Å²) >= 11 is 0. The van der Waals surface area contributed by atoms with Gasteiger partial charge in [0.2, 0.25) is 0 Å². The number of piperidine rings is 1. The maximum atomic E-state index is 10.4. The second kappa shape index (κ2) is 5.38. The van der Waals surface area contributed by atoms with E-state index in [0.29, 0.717) is 23.8 Å². The molecule has 0 amide bonds. The van der Waals surface area contributed by atoms with Gasteiger partial charge < -0.3 is 10.8 Å². The average Bonchev–Trinajstić information content (AvgIpc) is 2.82. The molecule has 3 atom stereocenters. The number of benzene rings is 1. The standard InChI is InChI=1S/C17H26N2O/c1-11-6-7-15(20)17-14(9-12(2)16(11)17)19-8-4-3-5-13(19)10-18/h6-7,12-14,20H,3-5,8-10,18H2,1-2H3. The molecule has 3 nitrogen and oxygen atoms in total. The van der Waals surface area contributed by atoms with E-state index in [4.69, 9.17) is 5.73 Å². The monoisotopic (exact) mass is 274 g/mol. The lowest BCUT2D eigenvalue weighted by molar-refractivity contribution is 0.0955. The van der Waals surface area contributed by atoms with Crippen molar-refractivity contribution in [1.29, 1.82) is 0 Å². The molecular weight excluding hydrogens is 248 g/mol. The minimum absolute atomic E-state index is 0.355. The first-order valence-corrected chi connectivity index (χ1v) is 7.91. The van der Waals surface area contributed by atoms with Gasteiger partial charge in [-0.05, 0) is 55.8 Å². The molecule has 3 N–H and O–H groups in total. The fourth-order valence-electron chi connectivity index (χ4n) is 4.30. The molecule has 1 aromatic rings. The molecule has 110 valence electrons. The van der Waals surface area contributed by atoms with Gasteiger partial charge in [-0.15, -0.1) is 0 Å². The third-order valence-corrected chi connectivity index (χ3v) is 5.23. The van der Waals surface area contributed by atoms with Crippen molar-refractivity contribution < 1.29 is 5.11 Å². The SMILES string of the molecule is Cc1ccc(O)c2c1C(C)CC2N1CCCCC1CN. The van der Waals surface area contributed by atoms with Crippen molar-refractivity contribution in [2.75, 3.05) is 13.1 Å². The molecule has 0 bridgehead atoms. The molecule has 3 unspecified atom stereocenters. The molecule has 1 saturated heterocycles. The first kappa shape index (κ1) is 13.9. The van der Waals surface area contributed by atoms with E-state index in [1.165, 1.54) is 36.0 Å². The number of phenolic OH excluding ortho intramolecular Hbond substituents is 1. The third kappa shape index (κ3) is 2.13. The molecule has 3 rings (SSSR count). The van der Waals surface area contributed by atoms with Gasteiger partial charge in [-0.1, -0.05) is 19.4 Å². The number of aryl methyl sites for hydroxylation is 1. The van der Waals surface area contributed by atoms with E-state index in [-0.39, 0.29) is 0 Å². The van der Waals surface area contributed by atoms with E-state index in [1.54, 1.807) is 0 Å². The zero-order valence-corrected chi connectivity index (χ0v) is 12.6. The molecular formula is C17H26N2O. The lowest BCUT2D eigenvalue weighted by Crippen LogP contribution is -2.45. The first-order valence-electron chi connectivity index (χ1n) is 7.91. The Labute approximate surface area is 121 Å². The third-order valence-electron chi connectivity index (χ3n) is 5.23. The molecule has 20 heavy (non-hydrogen) atoms. The molecule has 0 radical (unpaired) electrons. The zero-order valence-electron chi connectivity index (χ0n) is 12.6. The Hall–Kier alpha value is -1.06. The van der Waals surface area contributed by atoms with Crippen LogP contribution >= 0.6 is 0 Å². The van der Waals surface area contributed by atoms with Gasteiger partial charge in [-0.25, -0.2) is 0 Å². The van der Waals surface area contributed by atoms with Crippen LogP contribution in [0.15, 0.2) is 12.1 Å². The van der Waals surface area contributed by atoms with Crippen molar-refractivity contribution in [3.05, 3.63) is 28.8 Å². The number of nitrogens with two attached hydrogens (primary N) is 1. The second-order valence-electron chi connectivity index (χ2n) is 6.50. The number of likely N-dealkylation sites (tertiary alicyclic amines) is 1. The van der Waals surface area contributed by atoms with Crippen LogP contribution in [0, 0.1) is 6.92 Å².